The monoisotopic (exact) mass is 222 g/mol. The first-order chi connectivity index (χ1) is 7.34. The van der Waals surface area contributed by atoms with E-state index in [0.29, 0.717) is 0 Å². The number of carboxylic acids is 1. The molecule has 8 heteroatoms. The molecular formula is C8H10N6O2. The van der Waals surface area contributed by atoms with E-state index in [0.717, 1.165) is 0 Å². The summed E-state index contributed by atoms with van der Waals surface area (Å²) in [5.41, 5.74) is 24.7. The van der Waals surface area contributed by atoms with Crippen molar-refractivity contribution in [3.8, 4) is 0 Å². The van der Waals surface area contributed by atoms with Crippen molar-refractivity contribution >= 4 is 11.7 Å². The Kier molecular flexibility index (Phi) is 3.11. The zero-order chi connectivity index (χ0) is 12.3. The Labute approximate surface area is 90.3 Å². The lowest BCUT2D eigenvalue weighted by Gasteiger charge is -2.19. The molecule has 1 aromatic rings. The Morgan fingerprint density at radius 1 is 1.38 bits per heavy atom. The molecule has 0 aliphatic carbocycles. The lowest BCUT2D eigenvalue weighted by atomic mass is 10.0. The van der Waals surface area contributed by atoms with E-state index < -0.39 is 11.8 Å². The summed E-state index contributed by atoms with van der Waals surface area (Å²) >= 11 is 0. The molecule has 1 aromatic carbocycles. The number of azide groups is 1. The van der Waals surface area contributed by atoms with Crippen LogP contribution in [0.4, 0.5) is 5.69 Å². The number of nitrogens with two attached hydrogens (primary N) is 3. The molecule has 0 bridgehead atoms. The van der Waals surface area contributed by atoms with Crippen LogP contribution in [0.25, 0.3) is 10.4 Å². The van der Waals surface area contributed by atoms with Gasteiger partial charge in [0.2, 0.25) is 0 Å². The van der Waals surface area contributed by atoms with Gasteiger partial charge in [-0.1, -0.05) is 5.11 Å². The second kappa shape index (κ2) is 4.17. The van der Waals surface area contributed by atoms with Crippen molar-refractivity contribution in [2.75, 3.05) is 0 Å². The lowest BCUT2D eigenvalue weighted by Crippen LogP contribution is -2.54. The SMILES string of the molecule is [N-]=[N+]=Nc1cc(C(=O)O)cc(C(N)(N)N)c1. The van der Waals surface area contributed by atoms with E-state index in [9.17, 15) is 4.79 Å². The summed E-state index contributed by atoms with van der Waals surface area (Å²) in [4.78, 5) is 13.3. The van der Waals surface area contributed by atoms with Crippen molar-refractivity contribution in [1.82, 2.24) is 0 Å². The first kappa shape index (κ1) is 12.0. The minimum Gasteiger partial charge on any atom is -0.478 e. The van der Waals surface area contributed by atoms with Crippen molar-refractivity contribution in [1.29, 1.82) is 0 Å². The Bertz CT molecular complexity index is 452. The predicted octanol–water partition coefficient (Wildman–Crippen LogP) is 0.313. The number of carboxylic acid groups (broad SMARTS) is 1. The highest BCUT2D eigenvalue weighted by molar-refractivity contribution is 5.89. The molecule has 0 heterocycles. The Balaban J connectivity index is 3.41. The summed E-state index contributed by atoms with van der Waals surface area (Å²) < 4.78 is 0. The van der Waals surface area contributed by atoms with Gasteiger partial charge >= 0.3 is 5.97 Å². The van der Waals surface area contributed by atoms with Gasteiger partial charge in [-0.25, -0.2) is 4.79 Å². The van der Waals surface area contributed by atoms with Crippen LogP contribution in [0.3, 0.4) is 0 Å². The van der Waals surface area contributed by atoms with Gasteiger partial charge in [0.25, 0.3) is 0 Å². The van der Waals surface area contributed by atoms with Crippen LogP contribution < -0.4 is 17.2 Å². The summed E-state index contributed by atoms with van der Waals surface area (Å²) in [6.45, 7) is 0. The molecule has 84 valence electrons. The van der Waals surface area contributed by atoms with Crippen molar-refractivity contribution in [2.24, 2.45) is 22.3 Å². The van der Waals surface area contributed by atoms with E-state index >= 15 is 0 Å². The van der Waals surface area contributed by atoms with E-state index in [1.165, 1.54) is 18.2 Å². The average molecular weight is 222 g/mol. The molecule has 0 spiro atoms. The van der Waals surface area contributed by atoms with Crippen LogP contribution in [0.5, 0.6) is 0 Å². The predicted molar refractivity (Wildman–Crippen MR) is 56.4 cm³/mol. The van der Waals surface area contributed by atoms with Crippen molar-refractivity contribution in [3.63, 3.8) is 0 Å². The van der Waals surface area contributed by atoms with Crippen LogP contribution in [0, 0.1) is 0 Å². The summed E-state index contributed by atoms with van der Waals surface area (Å²) in [5, 5.41) is 12.1. The van der Waals surface area contributed by atoms with Crippen LogP contribution in [0.1, 0.15) is 15.9 Å². The maximum atomic E-state index is 10.8. The number of hydrogen-bond acceptors (Lipinski definition) is 5. The summed E-state index contributed by atoms with van der Waals surface area (Å²) in [6, 6.07) is 3.74. The van der Waals surface area contributed by atoms with Crippen molar-refractivity contribution in [3.05, 3.63) is 39.8 Å². The highest BCUT2D eigenvalue weighted by Gasteiger charge is 2.18. The quantitative estimate of drug-likeness (QED) is 0.250. The van der Waals surface area contributed by atoms with Gasteiger partial charge in [-0.2, -0.15) is 0 Å². The summed E-state index contributed by atoms with van der Waals surface area (Å²) in [6.07, 6.45) is 0. The van der Waals surface area contributed by atoms with Crippen LogP contribution >= 0.6 is 0 Å². The van der Waals surface area contributed by atoms with Crippen LogP contribution in [-0.4, -0.2) is 11.1 Å². The maximum absolute atomic E-state index is 10.8. The van der Waals surface area contributed by atoms with E-state index in [4.69, 9.17) is 27.8 Å². The number of nitrogens with zero attached hydrogens (tertiary/aromatic N) is 3. The van der Waals surface area contributed by atoms with Gasteiger partial charge in [0.1, 0.15) is 5.79 Å². The van der Waals surface area contributed by atoms with Gasteiger partial charge in [0.15, 0.2) is 0 Å². The third kappa shape index (κ3) is 2.69. The third-order valence-electron chi connectivity index (χ3n) is 1.82. The minimum absolute atomic E-state index is 0.0862. The van der Waals surface area contributed by atoms with Crippen molar-refractivity contribution in [2.45, 2.75) is 5.79 Å². The summed E-state index contributed by atoms with van der Waals surface area (Å²) in [7, 11) is 0. The molecule has 0 unspecified atom stereocenters. The van der Waals surface area contributed by atoms with Crippen LogP contribution in [0.2, 0.25) is 0 Å². The van der Waals surface area contributed by atoms with Gasteiger partial charge in [-0.15, -0.1) is 0 Å². The van der Waals surface area contributed by atoms with Gasteiger partial charge in [-0.3, -0.25) is 17.2 Å². The van der Waals surface area contributed by atoms with Crippen molar-refractivity contribution < 1.29 is 9.90 Å². The molecule has 0 aromatic heterocycles. The highest BCUT2D eigenvalue weighted by atomic mass is 16.4. The fourth-order valence-corrected chi connectivity index (χ4v) is 1.09. The van der Waals surface area contributed by atoms with Gasteiger partial charge in [0.05, 0.1) is 5.56 Å². The molecule has 7 N–H and O–H groups in total. The Hall–Kier alpha value is -2.12. The highest BCUT2D eigenvalue weighted by Crippen LogP contribution is 2.21. The Morgan fingerprint density at radius 3 is 2.44 bits per heavy atom. The number of aromatic carboxylic acids is 1. The van der Waals surface area contributed by atoms with E-state index in [1.807, 2.05) is 0 Å². The lowest BCUT2D eigenvalue weighted by molar-refractivity contribution is 0.0696. The molecule has 16 heavy (non-hydrogen) atoms. The largest absolute Gasteiger partial charge is 0.478 e. The molecule has 8 nitrogen and oxygen atoms in total. The van der Waals surface area contributed by atoms with E-state index in [-0.39, 0.29) is 16.8 Å². The first-order valence-corrected chi connectivity index (χ1v) is 4.15. The standard InChI is InChI=1S/C8H10N6O2/c9-8(10,11)5-1-4(7(15)16)2-6(3-5)13-14-12/h1-3H,9-11H2,(H,15,16). The normalized spacial score (nSPS) is 10.7. The second-order valence-electron chi connectivity index (χ2n) is 3.20. The molecular weight excluding hydrogens is 212 g/mol. The smallest absolute Gasteiger partial charge is 0.335 e. The van der Waals surface area contributed by atoms with Gasteiger partial charge in [0, 0.05) is 16.2 Å². The molecule has 0 aliphatic rings. The molecule has 0 saturated carbocycles. The topological polar surface area (TPSA) is 164 Å². The van der Waals surface area contributed by atoms with Crippen LogP contribution in [-0.2, 0) is 5.79 Å². The zero-order valence-corrected chi connectivity index (χ0v) is 8.16. The molecule has 0 atom stereocenters. The molecule has 0 radical (unpaired) electrons. The summed E-state index contributed by atoms with van der Waals surface area (Å²) in [5.74, 6) is -2.88. The number of hydrogen-bond donors (Lipinski definition) is 4. The molecule has 0 aliphatic heterocycles. The average Bonchev–Trinajstić information content (AvgIpc) is 2.16. The molecule has 0 amide bonds. The first-order valence-electron chi connectivity index (χ1n) is 4.15. The zero-order valence-electron chi connectivity index (χ0n) is 8.16. The molecule has 0 fully saturated rings. The number of carbonyl (C=O) groups is 1. The molecule has 1 rings (SSSR count). The Morgan fingerprint density at radius 2 is 2.00 bits per heavy atom. The third-order valence-corrected chi connectivity index (χ3v) is 1.82. The molecule has 0 saturated heterocycles. The fourth-order valence-electron chi connectivity index (χ4n) is 1.09. The maximum Gasteiger partial charge on any atom is 0.335 e. The minimum atomic E-state index is -1.69. The van der Waals surface area contributed by atoms with Gasteiger partial charge in [-0.05, 0) is 23.7 Å². The number of benzene rings is 1. The second-order valence-corrected chi connectivity index (χ2v) is 3.20. The van der Waals surface area contributed by atoms with Gasteiger partial charge < -0.3 is 5.11 Å². The number of rotatable bonds is 3. The van der Waals surface area contributed by atoms with E-state index in [1.54, 1.807) is 0 Å². The fraction of sp³-hybridized carbons (Fsp3) is 0.125. The van der Waals surface area contributed by atoms with E-state index in [2.05, 4.69) is 10.0 Å². The van der Waals surface area contributed by atoms with Crippen LogP contribution in [0.15, 0.2) is 23.3 Å².